The van der Waals surface area contributed by atoms with Gasteiger partial charge in [0.25, 0.3) is 5.91 Å². The van der Waals surface area contributed by atoms with Gasteiger partial charge in [0.15, 0.2) is 0 Å². The van der Waals surface area contributed by atoms with Crippen molar-refractivity contribution in [3.05, 3.63) is 88.6 Å². The zero-order valence-electron chi connectivity index (χ0n) is 26.7. The number of nitrogens with zero attached hydrogens (tertiary/aromatic N) is 4. The number of piperidine rings is 2. The summed E-state index contributed by atoms with van der Waals surface area (Å²) in [7, 11) is 1.46. The number of anilines is 1. The number of methoxy groups -OCH3 is 1. The number of nitrogens with one attached hydrogen (secondary N) is 2. The maximum absolute atomic E-state index is 13.2. The van der Waals surface area contributed by atoms with Crippen LogP contribution >= 0.6 is 12.6 Å². The molecular weight excluding hydrogens is 657 g/mol. The number of fused-ring (bicyclic) bond motifs is 2. The number of aromatic nitrogens is 2. The van der Waals surface area contributed by atoms with Crippen molar-refractivity contribution in [1.82, 2.24) is 24.9 Å². The standard InChI is InChI=1S/C35H35F3N6O4S/c1-48-30-16-27-23(15-28(30)39-32(46)21-3-2-4-24(14-21)35(36,37)38)19-44(41-27)25-9-11-42(12-10-25)17-20-5-6-22-18-43(34(49)26(22)13-20)29-7-8-31(45)40-33(29)47/h2-6,13-16,19,25,29,34,49H,7-12,17-18H2,1H3,(H,39,46)(H,40,45,47). The highest BCUT2D eigenvalue weighted by Crippen LogP contribution is 2.40. The summed E-state index contributed by atoms with van der Waals surface area (Å²) in [6, 6.07) is 14.0. The van der Waals surface area contributed by atoms with Gasteiger partial charge < -0.3 is 10.1 Å². The fraction of sp³-hybridized carbons (Fsp3) is 0.371. The highest BCUT2D eigenvalue weighted by molar-refractivity contribution is 7.80. The van der Waals surface area contributed by atoms with E-state index in [1.165, 1.54) is 24.8 Å². The SMILES string of the molecule is COc1cc2nn(C3CCN(Cc4ccc5c(c4)C(S)N(C4CCC(=O)NC4=O)C5)CC3)cc2cc1NC(=O)c1cccc(C(F)(F)F)c1. The van der Waals surface area contributed by atoms with Gasteiger partial charge in [0.2, 0.25) is 11.8 Å². The van der Waals surface area contributed by atoms with Crippen LogP contribution in [0, 0.1) is 0 Å². The molecule has 3 aromatic carbocycles. The van der Waals surface area contributed by atoms with Gasteiger partial charge in [0.1, 0.15) is 5.75 Å². The molecule has 49 heavy (non-hydrogen) atoms. The number of ether oxygens (including phenoxy) is 1. The first-order chi connectivity index (χ1) is 23.5. The molecule has 3 amide bonds. The Bertz CT molecular complexity index is 1940. The van der Waals surface area contributed by atoms with Crippen molar-refractivity contribution in [2.24, 2.45) is 0 Å². The predicted molar refractivity (Wildman–Crippen MR) is 179 cm³/mol. The van der Waals surface area contributed by atoms with Gasteiger partial charge in [-0.15, -0.1) is 0 Å². The van der Waals surface area contributed by atoms with Crippen LogP contribution in [0.1, 0.15) is 69.7 Å². The molecule has 2 N–H and O–H groups in total. The van der Waals surface area contributed by atoms with Crippen molar-refractivity contribution in [3.8, 4) is 5.75 Å². The number of hydrogen-bond acceptors (Lipinski definition) is 8. The van der Waals surface area contributed by atoms with Crippen molar-refractivity contribution < 1.29 is 32.3 Å². The van der Waals surface area contributed by atoms with Gasteiger partial charge in [-0.3, -0.25) is 34.2 Å². The van der Waals surface area contributed by atoms with E-state index < -0.39 is 17.6 Å². The Morgan fingerprint density at radius 3 is 2.61 bits per heavy atom. The third-order valence-electron chi connectivity index (χ3n) is 9.65. The van der Waals surface area contributed by atoms with E-state index in [1.807, 2.05) is 10.9 Å². The minimum absolute atomic E-state index is 0.112. The molecular formula is C35H35F3N6O4S. The number of amides is 3. The number of carbonyl (C=O) groups excluding carboxylic acids is 3. The highest BCUT2D eigenvalue weighted by atomic mass is 32.1. The monoisotopic (exact) mass is 692 g/mol. The van der Waals surface area contributed by atoms with Crippen LogP contribution in [0.4, 0.5) is 18.9 Å². The van der Waals surface area contributed by atoms with Crippen molar-refractivity contribution in [1.29, 1.82) is 0 Å². The molecule has 4 heterocycles. The first-order valence-electron chi connectivity index (χ1n) is 16.1. The number of rotatable bonds is 7. The second-order valence-electron chi connectivity index (χ2n) is 12.8. The van der Waals surface area contributed by atoms with Gasteiger partial charge in [-0.2, -0.15) is 30.9 Å². The highest BCUT2D eigenvalue weighted by Gasteiger charge is 2.39. The Morgan fingerprint density at radius 2 is 1.88 bits per heavy atom. The molecule has 256 valence electrons. The second-order valence-corrected chi connectivity index (χ2v) is 13.3. The lowest BCUT2D eigenvalue weighted by molar-refractivity contribution is -0.138. The van der Waals surface area contributed by atoms with E-state index in [1.54, 1.807) is 12.1 Å². The Morgan fingerprint density at radius 1 is 1.08 bits per heavy atom. The molecule has 0 spiro atoms. The molecule has 2 fully saturated rings. The number of benzene rings is 3. The second kappa shape index (κ2) is 13.1. The lowest BCUT2D eigenvalue weighted by atomic mass is 10.0. The van der Waals surface area contributed by atoms with Crippen LogP contribution in [-0.2, 0) is 28.9 Å². The summed E-state index contributed by atoms with van der Waals surface area (Å²) in [5.41, 5.74) is 3.44. The Labute approximate surface area is 286 Å². The number of hydrogen-bond donors (Lipinski definition) is 3. The lowest BCUT2D eigenvalue weighted by Gasteiger charge is -2.32. The van der Waals surface area contributed by atoms with Crippen molar-refractivity contribution >= 4 is 46.9 Å². The molecule has 0 aliphatic carbocycles. The summed E-state index contributed by atoms with van der Waals surface area (Å²) in [4.78, 5) is 41.5. The summed E-state index contributed by atoms with van der Waals surface area (Å²) in [5, 5.41) is 10.5. The van der Waals surface area contributed by atoms with Gasteiger partial charge in [-0.05, 0) is 60.2 Å². The maximum Gasteiger partial charge on any atom is 0.416 e. The first-order valence-corrected chi connectivity index (χ1v) is 16.7. The molecule has 0 bridgehead atoms. The van der Waals surface area contributed by atoms with Crippen LogP contribution in [0.15, 0.2) is 60.8 Å². The Balaban J connectivity index is 0.985. The molecule has 0 saturated carbocycles. The topological polar surface area (TPSA) is 109 Å². The van der Waals surface area contributed by atoms with Crippen LogP contribution in [0.5, 0.6) is 5.75 Å². The van der Waals surface area contributed by atoms with E-state index in [-0.39, 0.29) is 34.8 Å². The van der Waals surface area contributed by atoms with E-state index in [4.69, 9.17) is 22.5 Å². The molecule has 3 aliphatic rings. The van der Waals surface area contributed by atoms with Crippen molar-refractivity contribution in [3.63, 3.8) is 0 Å². The molecule has 10 nitrogen and oxygen atoms in total. The van der Waals surface area contributed by atoms with Crippen molar-refractivity contribution in [2.75, 3.05) is 25.5 Å². The van der Waals surface area contributed by atoms with Gasteiger partial charge in [-0.1, -0.05) is 24.3 Å². The molecule has 2 unspecified atom stereocenters. The quantitative estimate of drug-likeness (QED) is 0.169. The summed E-state index contributed by atoms with van der Waals surface area (Å²) in [5.74, 6) is -0.804. The molecule has 2 saturated heterocycles. The van der Waals surface area contributed by atoms with Gasteiger partial charge in [-0.25, -0.2) is 0 Å². The summed E-state index contributed by atoms with van der Waals surface area (Å²) >= 11 is 4.86. The molecule has 4 aromatic rings. The predicted octanol–water partition coefficient (Wildman–Crippen LogP) is 5.70. The molecule has 2 atom stereocenters. The average Bonchev–Trinajstić information content (AvgIpc) is 3.64. The minimum atomic E-state index is -4.56. The third kappa shape index (κ3) is 6.77. The summed E-state index contributed by atoms with van der Waals surface area (Å²) in [6.07, 6.45) is -0.0340. The smallest absolute Gasteiger partial charge is 0.416 e. The Hall–Kier alpha value is -4.40. The van der Waals surface area contributed by atoms with Crippen LogP contribution in [0.3, 0.4) is 0 Å². The molecule has 1 aromatic heterocycles. The number of imide groups is 1. The zero-order valence-corrected chi connectivity index (χ0v) is 27.6. The number of halogens is 3. The lowest BCUT2D eigenvalue weighted by Crippen LogP contribution is -2.51. The molecule has 7 rings (SSSR count). The van der Waals surface area contributed by atoms with E-state index >= 15 is 0 Å². The van der Waals surface area contributed by atoms with Crippen LogP contribution in [-0.4, -0.2) is 63.5 Å². The van der Waals surface area contributed by atoms with Crippen molar-refractivity contribution in [2.45, 2.75) is 62.4 Å². The minimum Gasteiger partial charge on any atom is -0.494 e. The molecule has 3 aliphatic heterocycles. The van der Waals surface area contributed by atoms with E-state index in [0.717, 1.165) is 61.1 Å². The normalized spacial score (nSPS) is 20.8. The Kier molecular flexibility index (Phi) is 8.88. The number of thiol groups is 1. The van der Waals surface area contributed by atoms with Crippen LogP contribution in [0.2, 0.25) is 0 Å². The number of alkyl halides is 3. The number of likely N-dealkylation sites (tertiary alicyclic amines) is 1. The van der Waals surface area contributed by atoms with Gasteiger partial charge in [0.05, 0.1) is 41.3 Å². The fourth-order valence-electron chi connectivity index (χ4n) is 7.02. The fourth-order valence-corrected chi connectivity index (χ4v) is 7.51. The largest absolute Gasteiger partial charge is 0.494 e. The summed E-state index contributed by atoms with van der Waals surface area (Å²) in [6.45, 7) is 3.14. The van der Waals surface area contributed by atoms with Gasteiger partial charge >= 0.3 is 6.18 Å². The van der Waals surface area contributed by atoms with Crippen LogP contribution in [0.25, 0.3) is 10.9 Å². The molecule has 0 radical (unpaired) electrons. The zero-order chi connectivity index (χ0) is 34.4. The summed E-state index contributed by atoms with van der Waals surface area (Å²) < 4.78 is 47.0. The first kappa shape index (κ1) is 33.1. The number of carbonyl (C=O) groups is 3. The third-order valence-corrected chi connectivity index (χ3v) is 10.2. The van der Waals surface area contributed by atoms with E-state index in [0.29, 0.717) is 36.3 Å². The van der Waals surface area contributed by atoms with E-state index in [9.17, 15) is 27.6 Å². The van der Waals surface area contributed by atoms with Gasteiger partial charge in [0, 0.05) is 55.8 Å². The molecule has 14 heteroatoms. The average molecular weight is 693 g/mol. The van der Waals surface area contributed by atoms with E-state index in [2.05, 4.69) is 38.6 Å². The van der Waals surface area contributed by atoms with Crippen LogP contribution < -0.4 is 15.4 Å². The maximum atomic E-state index is 13.2.